The summed E-state index contributed by atoms with van der Waals surface area (Å²) in [5.41, 5.74) is 4.44. The molecule has 2 rings (SSSR count). The first-order valence-corrected chi connectivity index (χ1v) is 9.30. The van der Waals surface area contributed by atoms with Gasteiger partial charge in [-0.05, 0) is 43.5 Å². The van der Waals surface area contributed by atoms with Crippen molar-refractivity contribution in [1.82, 2.24) is 5.43 Å². The zero-order chi connectivity index (χ0) is 18.9. The summed E-state index contributed by atoms with van der Waals surface area (Å²) in [5.74, 6) is 0.0536. The van der Waals surface area contributed by atoms with E-state index < -0.39 is 6.10 Å². The Morgan fingerprint density at radius 2 is 1.92 bits per heavy atom. The largest absolute Gasteiger partial charge is 0.479 e. The summed E-state index contributed by atoms with van der Waals surface area (Å²) in [4.78, 5) is 12.3. The van der Waals surface area contributed by atoms with Crippen molar-refractivity contribution in [3.63, 3.8) is 0 Å². The second-order valence-corrected chi connectivity index (χ2v) is 6.68. The van der Waals surface area contributed by atoms with Crippen LogP contribution in [0, 0.1) is 0 Å². The monoisotopic (exact) mass is 392 g/mol. The van der Waals surface area contributed by atoms with Crippen LogP contribution >= 0.6 is 23.2 Å². The maximum atomic E-state index is 12.3. The number of nitrogens with one attached hydrogen (secondary N) is 1. The number of halogens is 2. The van der Waals surface area contributed by atoms with Gasteiger partial charge in [-0.1, -0.05) is 66.9 Å². The minimum absolute atomic E-state index is 0.346. The van der Waals surface area contributed by atoms with E-state index in [1.165, 1.54) is 0 Å². The molecule has 0 fully saturated rings. The highest BCUT2D eigenvalue weighted by molar-refractivity contribution is 6.35. The lowest BCUT2D eigenvalue weighted by Gasteiger charge is -2.15. The zero-order valence-corrected chi connectivity index (χ0v) is 16.3. The first kappa shape index (κ1) is 20.3. The molecular formula is C20H22Cl2N2O2. The molecule has 0 spiro atoms. The molecule has 6 heteroatoms. The van der Waals surface area contributed by atoms with E-state index in [2.05, 4.69) is 17.5 Å². The average Bonchev–Trinajstić information content (AvgIpc) is 2.64. The lowest BCUT2D eigenvalue weighted by atomic mass is 10.1. The molecule has 2 aromatic carbocycles. The number of amides is 1. The minimum Gasteiger partial charge on any atom is -0.479 e. The Morgan fingerprint density at radius 3 is 2.58 bits per heavy atom. The van der Waals surface area contributed by atoms with Crippen molar-refractivity contribution in [1.29, 1.82) is 0 Å². The predicted molar refractivity (Wildman–Crippen MR) is 107 cm³/mol. The number of hydrogen-bond donors (Lipinski definition) is 1. The lowest BCUT2D eigenvalue weighted by molar-refractivity contribution is -0.127. The number of rotatable bonds is 8. The smallest absolute Gasteiger partial charge is 0.280 e. The SMILES string of the molecule is CCCCC(=NNC(=O)C(C)Oc1ccc(Cl)cc1Cl)c1ccccc1. The van der Waals surface area contributed by atoms with Gasteiger partial charge >= 0.3 is 0 Å². The van der Waals surface area contributed by atoms with Crippen molar-refractivity contribution in [2.75, 3.05) is 0 Å². The van der Waals surface area contributed by atoms with Crippen LogP contribution in [0.25, 0.3) is 0 Å². The summed E-state index contributed by atoms with van der Waals surface area (Å²) in [6.45, 7) is 3.76. The van der Waals surface area contributed by atoms with E-state index in [9.17, 15) is 4.79 Å². The molecule has 0 bridgehead atoms. The van der Waals surface area contributed by atoms with Crippen LogP contribution in [0.5, 0.6) is 5.75 Å². The Morgan fingerprint density at radius 1 is 1.19 bits per heavy atom. The van der Waals surface area contributed by atoms with Crippen LogP contribution in [0.3, 0.4) is 0 Å². The molecule has 138 valence electrons. The zero-order valence-electron chi connectivity index (χ0n) is 14.8. The minimum atomic E-state index is -0.749. The molecule has 0 radical (unpaired) electrons. The lowest BCUT2D eigenvalue weighted by Crippen LogP contribution is -2.34. The third kappa shape index (κ3) is 6.04. The number of carbonyl (C=O) groups is 1. The fourth-order valence-electron chi connectivity index (χ4n) is 2.27. The van der Waals surface area contributed by atoms with Gasteiger partial charge in [0.05, 0.1) is 10.7 Å². The standard InChI is InChI=1S/C20H22Cl2N2O2/c1-3-4-10-18(15-8-6-5-7-9-15)23-24-20(25)14(2)26-19-12-11-16(21)13-17(19)22/h5-9,11-14H,3-4,10H2,1-2H3,(H,24,25). The Balaban J connectivity index is 2.04. The number of ether oxygens (including phenoxy) is 1. The Hall–Kier alpha value is -2.04. The molecule has 1 N–H and O–H groups in total. The third-order valence-corrected chi connectivity index (χ3v) is 4.27. The summed E-state index contributed by atoms with van der Waals surface area (Å²) < 4.78 is 5.61. The van der Waals surface area contributed by atoms with Gasteiger partial charge in [-0.15, -0.1) is 0 Å². The molecule has 2 aromatic rings. The Labute approximate surface area is 164 Å². The second kappa shape index (κ2) is 10.2. The fourth-order valence-corrected chi connectivity index (χ4v) is 2.72. The van der Waals surface area contributed by atoms with Gasteiger partial charge in [-0.2, -0.15) is 5.10 Å². The third-order valence-electron chi connectivity index (χ3n) is 3.74. The van der Waals surface area contributed by atoms with Crippen molar-refractivity contribution in [3.8, 4) is 5.75 Å². The van der Waals surface area contributed by atoms with Gasteiger partial charge in [0.25, 0.3) is 5.91 Å². The van der Waals surface area contributed by atoms with Crippen LogP contribution < -0.4 is 10.2 Å². The highest BCUT2D eigenvalue weighted by atomic mass is 35.5. The Bertz CT molecular complexity index is 764. The highest BCUT2D eigenvalue weighted by Gasteiger charge is 2.16. The van der Waals surface area contributed by atoms with Crippen molar-refractivity contribution in [2.24, 2.45) is 5.10 Å². The molecule has 4 nitrogen and oxygen atoms in total. The molecule has 0 aliphatic carbocycles. The van der Waals surface area contributed by atoms with Crippen LogP contribution in [0.1, 0.15) is 38.7 Å². The van der Waals surface area contributed by atoms with E-state index in [-0.39, 0.29) is 5.91 Å². The molecule has 0 aliphatic rings. The number of nitrogens with zero attached hydrogens (tertiary/aromatic N) is 1. The molecule has 1 unspecified atom stereocenters. The maximum absolute atomic E-state index is 12.3. The number of carbonyl (C=O) groups excluding carboxylic acids is 1. The molecule has 0 saturated heterocycles. The van der Waals surface area contributed by atoms with Crippen LogP contribution in [0.4, 0.5) is 0 Å². The number of benzene rings is 2. The number of hydrazone groups is 1. The van der Waals surface area contributed by atoms with Crippen molar-refractivity contribution < 1.29 is 9.53 Å². The van der Waals surface area contributed by atoms with E-state index in [1.807, 2.05) is 30.3 Å². The quantitative estimate of drug-likeness (QED) is 0.478. The molecule has 0 aliphatic heterocycles. The molecule has 0 saturated carbocycles. The van der Waals surface area contributed by atoms with E-state index in [4.69, 9.17) is 27.9 Å². The number of unbranched alkanes of at least 4 members (excludes halogenated alkanes) is 1. The van der Waals surface area contributed by atoms with Gasteiger partial charge in [-0.3, -0.25) is 4.79 Å². The highest BCUT2D eigenvalue weighted by Crippen LogP contribution is 2.28. The molecule has 26 heavy (non-hydrogen) atoms. The summed E-state index contributed by atoms with van der Waals surface area (Å²) in [6, 6.07) is 14.7. The van der Waals surface area contributed by atoms with Crippen LogP contribution in [0.15, 0.2) is 53.6 Å². The van der Waals surface area contributed by atoms with E-state index in [1.54, 1.807) is 25.1 Å². The normalized spacial score (nSPS) is 12.5. The average molecular weight is 393 g/mol. The Kier molecular flexibility index (Phi) is 7.95. The summed E-state index contributed by atoms with van der Waals surface area (Å²) in [6.07, 6.45) is 2.09. The molecular weight excluding hydrogens is 371 g/mol. The van der Waals surface area contributed by atoms with Gasteiger partial charge in [0.15, 0.2) is 6.10 Å². The van der Waals surface area contributed by atoms with Gasteiger partial charge < -0.3 is 4.74 Å². The van der Waals surface area contributed by atoms with Gasteiger partial charge in [0.2, 0.25) is 0 Å². The van der Waals surface area contributed by atoms with Crippen LogP contribution in [-0.2, 0) is 4.79 Å². The second-order valence-electron chi connectivity index (χ2n) is 5.84. The molecule has 0 heterocycles. The van der Waals surface area contributed by atoms with E-state index >= 15 is 0 Å². The fraction of sp³-hybridized carbons (Fsp3) is 0.300. The first-order valence-electron chi connectivity index (χ1n) is 8.54. The summed E-state index contributed by atoms with van der Waals surface area (Å²) in [7, 11) is 0. The van der Waals surface area contributed by atoms with Gasteiger partial charge in [0.1, 0.15) is 5.75 Å². The van der Waals surface area contributed by atoms with Gasteiger partial charge in [-0.25, -0.2) is 5.43 Å². The van der Waals surface area contributed by atoms with Crippen molar-refractivity contribution in [2.45, 2.75) is 39.2 Å². The molecule has 1 atom stereocenters. The van der Waals surface area contributed by atoms with Crippen LogP contribution in [-0.4, -0.2) is 17.7 Å². The first-order chi connectivity index (χ1) is 12.5. The summed E-state index contributed by atoms with van der Waals surface area (Å²) in [5, 5.41) is 5.18. The summed E-state index contributed by atoms with van der Waals surface area (Å²) >= 11 is 11.9. The molecule has 0 aromatic heterocycles. The predicted octanol–water partition coefficient (Wildman–Crippen LogP) is 5.47. The maximum Gasteiger partial charge on any atom is 0.280 e. The van der Waals surface area contributed by atoms with Crippen LogP contribution in [0.2, 0.25) is 10.0 Å². The van der Waals surface area contributed by atoms with Crippen molar-refractivity contribution in [3.05, 3.63) is 64.1 Å². The van der Waals surface area contributed by atoms with E-state index in [0.717, 1.165) is 30.5 Å². The van der Waals surface area contributed by atoms with E-state index in [0.29, 0.717) is 15.8 Å². The topological polar surface area (TPSA) is 50.7 Å². The van der Waals surface area contributed by atoms with Gasteiger partial charge in [0, 0.05) is 5.02 Å². The number of hydrogen-bond acceptors (Lipinski definition) is 3. The van der Waals surface area contributed by atoms with Crippen molar-refractivity contribution >= 4 is 34.8 Å². The molecule has 1 amide bonds.